The van der Waals surface area contributed by atoms with Gasteiger partial charge in [0.25, 0.3) is 0 Å². The number of aromatic nitrogens is 2. The molecule has 0 saturated heterocycles. The Morgan fingerprint density at radius 1 is 1.10 bits per heavy atom. The van der Waals surface area contributed by atoms with E-state index in [-0.39, 0.29) is 5.78 Å². The molecule has 0 spiro atoms. The van der Waals surface area contributed by atoms with Gasteiger partial charge < -0.3 is 0 Å². The zero-order valence-corrected chi connectivity index (χ0v) is 11.8. The van der Waals surface area contributed by atoms with Crippen LogP contribution in [0, 0.1) is 6.92 Å². The fourth-order valence-corrected chi connectivity index (χ4v) is 2.09. The summed E-state index contributed by atoms with van der Waals surface area (Å²) in [5.41, 5.74) is 3.03. The average molecular weight is 278 g/mol. The first kappa shape index (κ1) is 13.2. The number of carbonyl (C=O) groups is 1. The number of carbonyl (C=O) groups excluding carboxylic acids is 1. The van der Waals surface area contributed by atoms with Crippen LogP contribution in [0.4, 0.5) is 11.5 Å². The van der Waals surface area contributed by atoms with E-state index in [1.165, 1.54) is 6.92 Å². The lowest BCUT2D eigenvalue weighted by Crippen LogP contribution is -1.89. The number of benzene rings is 1. The Labute approximate surface area is 122 Å². The van der Waals surface area contributed by atoms with Crippen molar-refractivity contribution in [2.24, 2.45) is 10.2 Å². The van der Waals surface area contributed by atoms with Gasteiger partial charge in [-0.25, -0.2) is 4.98 Å². The summed E-state index contributed by atoms with van der Waals surface area (Å²) < 4.78 is 1.89. The number of Topliss-reactive ketones (excluding diaryl/α,β-unsaturated/α-hetero) is 1. The van der Waals surface area contributed by atoms with Crippen LogP contribution in [0.5, 0.6) is 0 Å². The zero-order valence-electron chi connectivity index (χ0n) is 11.8. The smallest absolute Gasteiger partial charge is 0.182 e. The predicted octanol–water partition coefficient (Wildman–Crippen LogP) is 4.26. The van der Waals surface area contributed by atoms with Crippen molar-refractivity contribution in [3.63, 3.8) is 0 Å². The van der Waals surface area contributed by atoms with Gasteiger partial charge in [-0.05, 0) is 50.2 Å². The van der Waals surface area contributed by atoms with E-state index >= 15 is 0 Å². The van der Waals surface area contributed by atoms with Crippen LogP contribution in [-0.4, -0.2) is 15.2 Å². The highest BCUT2D eigenvalue weighted by atomic mass is 16.1. The van der Waals surface area contributed by atoms with E-state index in [4.69, 9.17) is 0 Å². The van der Waals surface area contributed by atoms with Crippen molar-refractivity contribution >= 4 is 22.9 Å². The Hall–Kier alpha value is -2.82. The molecule has 5 heteroatoms. The monoisotopic (exact) mass is 278 g/mol. The maximum absolute atomic E-state index is 11.2. The first-order valence-electron chi connectivity index (χ1n) is 6.61. The molecule has 0 radical (unpaired) electrons. The van der Waals surface area contributed by atoms with Crippen molar-refractivity contribution in [1.29, 1.82) is 0 Å². The molecule has 21 heavy (non-hydrogen) atoms. The third-order valence-electron chi connectivity index (χ3n) is 3.21. The maximum Gasteiger partial charge on any atom is 0.182 e. The Morgan fingerprint density at radius 3 is 2.57 bits per heavy atom. The molecule has 0 aliphatic rings. The van der Waals surface area contributed by atoms with Crippen LogP contribution in [0.15, 0.2) is 58.9 Å². The summed E-state index contributed by atoms with van der Waals surface area (Å²) in [6.07, 6.45) is 1.91. The summed E-state index contributed by atoms with van der Waals surface area (Å²) in [7, 11) is 0. The second-order valence-corrected chi connectivity index (χ2v) is 4.75. The molecule has 104 valence electrons. The van der Waals surface area contributed by atoms with Crippen LogP contribution >= 0.6 is 0 Å². The summed E-state index contributed by atoms with van der Waals surface area (Å²) in [5, 5.41) is 8.49. The topological polar surface area (TPSA) is 59.1 Å². The maximum atomic E-state index is 11.2. The van der Waals surface area contributed by atoms with E-state index in [0.717, 1.165) is 11.3 Å². The molecule has 5 nitrogen and oxygen atoms in total. The van der Waals surface area contributed by atoms with Crippen LogP contribution in [-0.2, 0) is 0 Å². The molecule has 0 unspecified atom stereocenters. The number of azo groups is 1. The number of aryl methyl sites for hydroxylation is 1. The van der Waals surface area contributed by atoms with Gasteiger partial charge >= 0.3 is 0 Å². The second kappa shape index (κ2) is 5.28. The Bertz CT molecular complexity index is 831. The number of nitrogens with zero attached hydrogens (tertiary/aromatic N) is 4. The van der Waals surface area contributed by atoms with Crippen LogP contribution < -0.4 is 0 Å². The minimum Gasteiger partial charge on any atom is -0.295 e. The van der Waals surface area contributed by atoms with E-state index in [9.17, 15) is 4.79 Å². The standard InChI is InChI=1S/C16H14N4O/c1-11-16(20-10-4-3-5-15(20)17-11)19-18-14-8-6-13(7-9-14)12(2)21/h3-10H,1-2H3. The van der Waals surface area contributed by atoms with Crippen molar-refractivity contribution < 1.29 is 4.79 Å². The minimum atomic E-state index is 0.0381. The first-order chi connectivity index (χ1) is 10.1. The van der Waals surface area contributed by atoms with Crippen molar-refractivity contribution in [2.45, 2.75) is 13.8 Å². The molecule has 2 heterocycles. The quantitative estimate of drug-likeness (QED) is 0.531. The molecule has 1 aromatic carbocycles. The van der Waals surface area contributed by atoms with Crippen molar-refractivity contribution in [1.82, 2.24) is 9.38 Å². The predicted molar refractivity (Wildman–Crippen MR) is 80.6 cm³/mol. The molecule has 3 aromatic rings. The molecule has 2 aromatic heterocycles. The van der Waals surface area contributed by atoms with Crippen LogP contribution in [0.3, 0.4) is 0 Å². The Morgan fingerprint density at radius 2 is 1.86 bits per heavy atom. The Kier molecular flexibility index (Phi) is 3.31. The van der Waals surface area contributed by atoms with Gasteiger partial charge in [0.15, 0.2) is 11.6 Å². The van der Waals surface area contributed by atoms with E-state index in [0.29, 0.717) is 17.1 Å². The number of fused-ring (bicyclic) bond motifs is 1. The van der Waals surface area contributed by atoms with Crippen molar-refractivity contribution in [3.05, 3.63) is 59.9 Å². The van der Waals surface area contributed by atoms with Gasteiger partial charge in [-0.2, -0.15) is 0 Å². The summed E-state index contributed by atoms with van der Waals surface area (Å²) in [6.45, 7) is 3.44. The van der Waals surface area contributed by atoms with Gasteiger partial charge in [-0.15, -0.1) is 10.2 Å². The lowest BCUT2D eigenvalue weighted by molar-refractivity contribution is 0.101. The molecule has 0 bridgehead atoms. The highest BCUT2D eigenvalue weighted by Crippen LogP contribution is 2.23. The normalized spacial score (nSPS) is 11.3. The molecule has 0 aliphatic heterocycles. The van der Waals surface area contributed by atoms with Crippen LogP contribution in [0.25, 0.3) is 5.65 Å². The van der Waals surface area contributed by atoms with Gasteiger partial charge in [0.05, 0.1) is 11.4 Å². The number of imidazole rings is 1. The van der Waals surface area contributed by atoms with Crippen molar-refractivity contribution in [3.8, 4) is 0 Å². The molecule has 0 saturated carbocycles. The minimum absolute atomic E-state index is 0.0381. The third-order valence-corrected chi connectivity index (χ3v) is 3.21. The number of hydrogen-bond acceptors (Lipinski definition) is 4. The van der Waals surface area contributed by atoms with E-state index in [2.05, 4.69) is 15.2 Å². The SMILES string of the molecule is CC(=O)c1ccc(N=Nc2c(C)nc3ccccn23)cc1. The molecule has 0 atom stereocenters. The molecular formula is C16H14N4O. The van der Waals surface area contributed by atoms with Gasteiger partial charge in [0.1, 0.15) is 5.65 Å². The van der Waals surface area contributed by atoms with E-state index in [1.54, 1.807) is 24.3 Å². The van der Waals surface area contributed by atoms with Gasteiger partial charge in [-0.3, -0.25) is 9.20 Å². The lowest BCUT2D eigenvalue weighted by atomic mass is 10.1. The largest absolute Gasteiger partial charge is 0.295 e. The summed E-state index contributed by atoms with van der Waals surface area (Å²) in [5.74, 6) is 0.748. The number of hydrogen-bond donors (Lipinski definition) is 0. The van der Waals surface area contributed by atoms with Gasteiger partial charge in [0, 0.05) is 11.8 Å². The fraction of sp³-hybridized carbons (Fsp3) is 0.125. The highest BCUT2D eigenvalue weighted by Gasteiger charge is 2.06. The molecular weight excluding hydrogens is 264 g/mol. The molecule has 0 aliphatic carbocycles. The molecule has 0 N–H and O–H groups in total. The number of rotatable bonds is 3. The zero-order chi connectivity index (χ0) is 14.8. The highest BCUT2D eigenvalue weighted by molar-refractivity contribution is 5.94. The number of ketones is 1. The van der Waals surface area contributed by atoms with Crippen LogP contribution in [0.2, 0.25) is 0 Å². The summed E-state index contributed by atoms with van der Waals surface area (Å²) in [6, 6.07) is 12.8. The average Bonchev–Trinajstić information content (AvgIpc) is 2.81. The van der Waals surface area contributed by atoms with Gasteiger partial charge in [0.2, 0.25) is 0 Å². The number of pyridine rings is 1. The van der Waals surface area contributed by atoms with E-state index < -0.39 is 0 Å². The molecule has 0 fully saturated rings. The first-order valence-corrected chi connectivity index (χ1v) is 6.61. The summed E-state index contributed by atoms with van der Waals surface area (Å²) in [4.78, 5) is 15.7. The molecule has 0 amide bonds. The van der Waals surface area contributed by atoms with Crippen molar-refractivity contribution in [2.75, 3.05) is 0 Å². The van der Waals surface area contributed by atoms with Gasteiger partial charge in [-0.1, -0.05) is 6.07 Å². The van der Waals surface area contributed by atoms with E-state index in [1.807, 2.05) is 35.7 Å². The second-order valence-electron chi connectivity index (χ2n) is 4.75. The third kappa shape index (κ3) is 2.58. The lowest BCUT2D eigenvalue weighted by Gasteiger charge is -1.97. The fourth-order valence-electron chi connectivity index (χ4n) is 2.09. The molecule has 3 rings (SSSR count). The summed E-state index contributed by atoms with van der Waals surface area (Å²) >= 11 is 0. The van der Waals surface area contributed by atoms with Crippen LogP contribution in [0.1, 0.15) is 23.0 Å². The Balaban J connectivity index is 1.94.